The Morgan fingerprint density at radius 3 is 1.90 bits per heavy atom. The molecule has 0 aliphatic heterocycles. The lowest BCUT2D eigenvalue weighted by molar-refractivity contribution is -0.148. The van der Waals surface area contributed by atoms with Crippen LogP contribution in [0, 0.1) is 5.41 Å². The maximum atomic E-state index is 11.0. The van der Waals surface area contributed by atoms with E-state index < -0.39 is 5.41 Å². The molecule has 0 amide bonds. The van der Waals surface area contributed by atoms with Crippen LogP contribution in [-0.4, -0.2) is 5.97 Å². The van der Waals surface area contributed by atoms with Gasteiger partial charge in [0.05, 0.1) is 11.2 Å². The molecule has 0 saturated heterocycles. The molecule has 0 rings (SSSR count). The summed E-state index contributed by atoms with van der Waals surface area (Å²) in [4.78, 5) is 11.0. The van der Waals surface area contributed by atoms with Crippen LogP contribution < -0.4 is 0 Å². The van der Waals surface area contributed by atoms with E-state index in [9.17, 15) is 4.79 Å². The summed E-state index contributed by atoms with van der Waals surface area (Å²) in [5.74, 6) is 0.208. The van der Waals surface area contributed by atoms with Gasteiger partial charge in [-0.2, -0.15) is 0 Å². The van der Waals surface area contributed by atoms with Gasteiger partial charge in [0.25, 0.3) is 0 Å². The van der Waals surface area contributed by atoms with Crippen molar-refractivity contribution in [1.82, 2.24) is 0 Å². The van der Waals surface area contributed by atoms with Gasteiger partial charge in [-0.3, -0.25) is 4.79 Å². The maximum Gasteiger partial charge on any atom is 0.316 e. The van der Waals surface area contributed by atoms with Crippen molar-refractivity contribution in [2.24, 2.45) is 5.41 Å². The summed E-state index contributed by atoms with van der Waals surface area (Å²) in [5.41, 5.74) is -0.432. The van der Waals surface area contributed by atoms with Crippen molar-refractivity contribution in [1.29, 1.82) is 0 Å². The van der Waals surface area contributed by atoms with Gasteiger partial charge in [0.2, 0.25) is 0 Å². The summed E-state index contributed by atoms with van der Waals surface area (Å²) in [6, 6.07) is 0. The molecule has 0 saturated carbocycles. The first-order chi connectivity index (χ1) is 4.34. The standard InChI is InChI=1S/C8H14O2/c1-6(2)10-7(9)8(3,4)5/h1H2,2-5H3. The lowest BCUT2D eigenvalue weighted by Crippen LogP contribution is -2.21. The van der Waals surface area contributed by atoms with E-state index in [0.717, 1.165) is 0 Å². The average molecular weight is 142 g/mol. The molecule has 0 aromatic rings. The zero-order valence-electron chi connectivity index (χ0n) is 7.02. The second-order valence-electron chi connectivity index (χ2n) is 3.34. The normalized spacial score (nSPS) is 10.8. The molecular weight excluding hydrogens is 128 g/mol. The zero-order chi connectivity index (χ0) is 8.36. The first-order valence-electron chi connectivity index (χ1n) is 3.22. The van der Waals surface area contributed by atoms with Gasteiger partial charge in [-0.1, -0.05) is 6.58 Å². The Morgan fingerprint density at radius 1 is 1.40 bits per heavy atom. The fourth-order valence-corrected chi connectivity index (χ4v) is 0.311. The molecule has 0 spiro atoms. The first kappa shape index (κ1) is 9.21. The Kier molecular flexibility index (Phi) is 2.64. The Bertz CT molecular complexity index is 151. The third-order valence-corrected chi connectivity index (χ3v) is 0.879. The number of carbonyl (C=O) groups excluding carboxylic acids is 1. The van der Waals surface area contributed by atoms with E-state index in [0.29, 0.717) is 5.76 Å². The minimum Gasteiger partial charge on any atom is -0.432 e. The van der Waals surface area contributed by atoms with E-state index in [4.69, 9.17) is 4.74 Å². The number of hydrogen-bond acceptors (Lipinski definition) is 2. The summed E-state index contributed by atoms with van der Waals surface area (Å²) in [5, 5.41) is 0. The van der Waals surface area contributed by atoms with Crippen molar-refractivity contribution in [2.45, 2.75) is 27.7 Å². The molecule has 10 heavy (non-hydrogen) atoms. The van der Waals surface area contributed by atoms with E-state index in [1.165, 1.54) is 0 Å². The molecule has 2 nitrogen and oxygen atoms in total. The number of esters is 1. The fraction of sp³-hybridized carbons (Fsp3) is 0.625. The molecule has 0 aliphatic carbocycles. The van der Waals surface area contributed by atoms with Crippen LogP contribution in [0.15, 0.2) is 12.3 Å². The molecular formula is C8H14O2. The smallest absolute Gasteiger partial charge is 0.316 e. The molecule has 58 valence electrons. The van der Waals surface area contributed by atoms with Crippen LogP contribution in [0.25, 0.3) is 0 Å². The average Bonchev–Trinajstić information content (AvgIpc) is 1.60. The molecule has 0 bridgehead atoms. The third kappa shape index (κ3) is 3.28. The molecule has 0 aromatic carbocycles. The van der Waals surface area contributed by atoms with E-state index in [1.807, 2.05) is 0 Å². The highest BCUT2D eigenvalue weighted by Crippen LogP contribution is 2.16. The third-order valence-electron chi connectivity index (χ3n) is 0.879. The summed E-state index contributed by atoms with van der Waals surface area (Å²) >= 11 is 0. The van der Waals surface area contributed by atoms with Gasteiger partial charge >= 0.3 is 5.97 Å². The fourth-order valence-electron chi connectivity index (χ4n) is 0.311. The Labute approximate surface area is 61.9 Å². The Balaban J connectivity index is 3.99. The molecule has 0 fully saturated rings. The van der Waals surface area contributed by atoms with Crippen molar-refractivity contribution >= 4 is 5.97 Å². The summed E-state index contributed by atoms with van der Waals surface area (Å²) < 4.78 is 4.78. The monoisotopic (exact) mass is 142 g/mol. The molecule has 2 heteroatoms. The van der Waals surface area contributed by atoms with E-state index in [-0.39, 0.29) is 5.97 Å². The van der Waals surface area contributed by atoms with Crippen molar-refractivity contribution in [3.63, 3.8) is 0 Å². The number of ether oxygens (including phenoxy) is 1. The van der Waals surface area contributed by atoms with Crippen LogP contribution in [-0.2, 0) is 9.53 Å². The topological polar surface area (TPSA) is 26.3 Å². The number of carbonyl (C=O) groups is 1. The Morgan fingerprint density at radius 2 is 1.80 bits per heavy atom. The minimum atomic E-state index is -0.432. The molecule has 0 aliphatic rings. The minimum absolute atomic E-state index is 0.236. The van der Waals surface area contributed by atoms with Gasteiger partial charge in [-0.05, 0) is 27.7 Å². The molecule has 0 atom stereocenters. The largest absolute Gasteiger partial charge is 0.432 e. The molecule has 0 radical (unpaired) electrons. The van der Waals surface area contributed by atoms with Crippen molar-refractivity contribution in [3.05, 3.63) is 12.3 Å². The van der Waals surface area contributed by atoms with E-state index in [1.54, 1.807) is 27.7 Å². The van der Waals surface area contributed by atoms with Crippen LogP contribution >= 0.6 is 0 Å². The molecule has 0 unspecified atom stereocenters. The van der Waals surface area contributed by atoms with E-state index in [2.05, 4.69) is 6.58 Å². The predicted molar refractivity (Wildman–Crippen MR) is 40.4 cm³/mol. The van der Waals surface area contributed by atoms with Gasteiger partial charge in [-0.25, -0.2) is 0 Å². The van der Waals surface area contributed by atoms with Gasteiger partial charge in [0.1, 0.15) is 0 Å². The highest BCUT2D eigenvalue weighted by Gasteiger charge is 2.22. The quantitative estimate of drug-likeness (QED) is 0.414. The molecule has 0 N–H and O–H groups in total. The molecule has 0 heterocycles. The first-order valence-corrected chi connectivity index (χ1v) is 3.22. The summed E-state index contributed by atoms with van der Waals surface area (Å²) in [6.45, 7) is 10.5. The highest BCUT2D eigenvalue weighted by molar-refractivity contribution is 5.76. The van der Waals surface area contributed by atoms with Crippen LogP contribution in [0.2, 0.25) is 0 Å². The van der Waals surface area contributed by atoms with Crippen LogP contribution in [0.4, 0.5) is 0 Å². The van der Waals surface area contributed by atoms with Crippen molar-refractivity contribution in [2.75, 3.05) is 0 Å². The molecule has 0 aromatic heterocycles. The van der Waals surface area contributed by atoms with Crippen molar-refractivity contribution < 1.29 is 9.53 Å². The van der Waals surface area contributed by atoms with Gasteiger partial charge in [0, 0.05) is 0 Å². The highest BCUT2D eigenvalue weighted by atomic mass is 16.5. The second kappa shape index (κ2) is 2.86. The lowest BCUT2D eigenvalue weighted by Gasteiger charge is -2.15. The van der Waals surface area contributed by atoms with Crippen LogP contribution in [0.5, 0.6) is 0 Å². The van der Waals surface area contributed by atoms with Crippen LogP contribution in [0.3, 0.4) is 0 Å². The van der Waals surface area contributed by atoms with Gasteiger partial charge in [-0.15, -0.1) is 0 Å². The lowest BCUT2D eigenvalue weighted by atomic mass is 9.97. The summed E-state index contributed by atoms with van der Waals surface area (Å²) in [6.07, 6.45) is 0. The number of hydrogen-bond donors (Lipinski definition) is 0. The van der Waals surface area contributed by atoms with Crippen molar-refractivity contribution in [3.8, 4) is 0 Å². The summed E-state index contributed by atoms with van der Waals surface area (Å²) in [7, 11) is 0. The zero-order valence-corrected chi connectivity index (χ0v) is 7.02. The maximum absolute atomic E-state index is 11.0. The SMILES string of the molecule is C=C(C)OC(=O)C(C)(C)C. The Hall–Kier alpha value is -0.790. The van der Waals surface area contributed by atoms with Gasteiger partial charge < -0.3 is 4.74 Å². The number of rotatable bonds is 1. The van der Waals surface area contributed by atoms with E-state index >= 15 is 0 Å². The van der Waals surface area contributed by atoms with Crippen LogP contribution in [0.1, 0.15) is 27.7 Å². The number of allylic oxidation sites excluding steroid dienone is 1. The van der Waals surface area contributed by atoms with Gasteiger partial charge in [0.15, 0.2) is 0 Å². The predicted octanol–water partition coefficient (Wildman–Crippen LogP) is 2.11. The second-order valence-corrected chi connectivity index (χ2v) is 3.34.